The van der Waals surface area contributed by atoms with Gasteiger partial charge < -0.3 is 4.79 Å². The Morgan fingerprint density at radius 2 is 1.50 bits per heavy atom. The van der Waals surface area contributed by atoms with E-state index >= 15 is 0 Å². The van der Waals surface area contributed by atoms with Crippen molar-refractivity contribution in [1.29, 1.82) is 0 Å². The van der Waals surface area contributed by atoms with E-state index in [-0.39, 0.29) is 19.8 Å². The largest absolute Gasteiger partial charge is 0.307 e. The van der Waals surface area contributed by atoms with Crippen LogP contribution in [0.3, 0.4) is 0 Å². The minimum atomic E-state index is 0. The zero-order valence-corrected chi connectivity index (χ0v) is 8.40. The standard InChI is InChI=1S/C7H8.CH2O.Os/c1-7-5-3-2-4-6-7;1-2;/h2-6H,1H3;1H2;. The topological polar surface area (TPSA) is 17.1 Å². The third-order valence-corrected chi connectivity index (χ3v) is 0.940. The van der Waals surface area contributed by atoms with Gasteiger partial charge in [-0.05, 0) is 6.92 Å². The molecule has 10 heavy (non-hydrogen) atoms. The molecule has 0 fully saturated rings. The molecule has 0 spiro atoms. The Hall–Kier alpha value is -0.474. The quantitative estimate of drug-likeness (QED) is 0.714. The van der Waals surface area contributed by atoms with Crippen molar-refractivity contribution in [3.05, 3.63) is 35.9 Å². The van der Waals surface area contributed by atoms with Crippen molar-refractivity contribution in [3.63, 3.8) is 0 Å². The summed E-state index contributed by atoms with van der Waals surface area (Å²) in [6, 6.07) is 10.3. The minimum Gasteiger partial charge on any atom is -0.307 e. The van der Waals surface area contributed by atoms with Gasteiger partial charge in [0, 0.05) is 19.8 Å². The molecule has 1 rings (SSSR count). The fourth-order valence-electron chi connectivity index (χ4n) is 0.534. The molecule has 0 saturated carbocycles. The van der Waals surface area contributed by atoms with Crippen LogP contribution in [0.1, 0.15) is 5.56 Å². The van der Waals surface area contributed by atoms with Crippen molar-refractivity contribution in [2.75, 3.05) is 0 Å². The second kappa shape index (κ2) is 8.53. The van der Waals surface area contributed by atoms with Gasteiger partial charge in [-0.25, -0.2) is 0 Å². The van der Waals surface area contributed by atoms with Crippen molar-refractivity contribution < 1.29 is 24.6 Å². The average Bonchev–Trinajstić information content (AvgIpc) is 1.94. The number of aryl methyl sites for hydroxylation is 1. The monoisotopic (exact) mass is 314 g/mol. The first-order valence-corrected chi connectivity index (χ1v) is 2.70. The minimum absolute atomic E-state index is 0. The Morgan fingerprint density at radius 1 is 1.10 bits per heavy atom. The van der Waals surface area contributed by atoms with Crippen LogP contribution in [0.15, 0.2) is 30.3 Å². The van der Waals surface area contributed by atoms with Crippen molar-refractivity contribution in [3.8, 4) is 0 Å². The second-order valence-corrected chi connectivity index (χ2v) is 1.65. The van der Waals surface area contributed by atoms with E-state index in [0.717, 1.165) is 0 Å². The summed E-state index contributed by atoms with van der Waals surface area (Å²) in [4.78, 5) is 8.00. The van der Waals surface area contributed by atoms with Gasteiger partial charge >= 0.3 is 0 Å². The molecule has 0 aliphatic heterocycles. The third-order valence-electron chi connectivity index (χ3n) is 0.940. The summed E-state index contributed by atoms with van der Waals surface area (Å²) in [5.74, 6) is 0. The van der Waals surface area contributed by atoms with Gasteiger partial charge in [0.25, 0.3) is 0 Å². The molecule has 0 N–H and O–H groups in total. The molecule has 1 aromatic rings. The van der Waals surface area contributed by atoms with Crippen LogP contribution in [0.25, 0.3) is 0 Å². The number of carbonyl (C=O) groups excluding carboxylic acids is 1. The summed E-state index contributed by atoms with van der Waals surface area (Å²) in [5, 5.41) is 0. The predicted octanol–water partition coefficient (Wildman–Crippen LogP) is 1.81. The van der Waals surface area contributed by atoms with Gasteiger partial charge in [-0.15, -0.1) is 0 Å². The Morgan fingerprint density at radius 3 is 1.70 bits per heavy atom. The molecule has 1 aromatic carbocycles. The Kier molecular flexibility index (Phi) is 10.4. The first-order valence-electron chi connectivity index (χ1n) is 2.70. The van der Waals surface area contributed by atoms with Gasteiger partial charge in [0.2, 0.25) is 0 Å². The van der Waals surface area contributed by atoms with Crippen molar-refractivity contribution in [2.24, 2.45) is 0 Å². The van der Waals surface area contributed by atoms with E-state index in [4.69, 9.17) is 4.79 Å². The first kappa shape index (κ1) is 12.2. The molecule has 2 heteroatoms. The maximum absolute atomic E-state index is 8.00. The van der Waals surface area contributed by atoms with Gasteiger partial charge in [-0.1, -0.05) is 35.9 Å². The third kappa shape index (κ3) is 5.66. The number of carbonyl (C=O) groups is 1. The zero-order valence-electron chi connectivity index (χ0n) is 5.86. The van der Waals surface area contributed by atoms with E-state index in [0.29, 0.717) is 0 Å². The van der Waals surface area contributed by atoms with E-state index in [2.05, 4.69) is 19.1 Å². The molecule has 0 unspecified atom stereocenters. The predicted molar refractivity (Wildman–Crippen MR) is 38.3 cm³/mol. The fourth-order valence-corrected chi connectivity index (χ4v) is 0.534. The van der Waals surface area contributed by atoms with Crippen LogP contribution in [0.2, 0.25) is 0 Å². The van der Waals surface area contributed by atoms with E-state index in [1.54, 1.807) is 0 Å². The molecule has 0 amide bonds. The van der Waals surface area contributed by atoms with Crippen molar-refractivity contribution in [1.82, 2.24) is 0 Å². The fraction of sp³-hybridized carbons (Fsp3) is 0.125. The van der Waals surface area contributed by atoms with Gasteiger partial charge in [0.1, 0.15) is 6.79 Å². The molecule has 0 aliphatic carbocycles. The SMILES string of the molecule is C=O.Cc1ccccc1.[Os]. The summed E-state index contributed by atoms with van der Waals surface area (Å²) >= 11 is 0. The molecular weight excluding hydrogens is 302 g/mol. The van der Waals surface area contributed by atoms with Gasteiger partial charge in [-0.2, -0.15) is 0 Å². The van der Waals surface area contributed by atoms with Crippen LogP contribution < -0.4 is 0 Å². The van der Waals surface area contributed by atoms with Gasteiger partial charge in [0.15, 0.2) is 0 Å². The second-order valence-electron chi connectivity index (χ2n) is 1.65. The van der Waals surface area contributed by atoms with Crippen LogP contribution in [0, 0.1) is 6.92 Å². The Bertz CT molecular complexity index is 151. The smallest absolute Gasteiger partial charge is 0.106 e. The molecule has 0 heterocycles. The molecule has 0 bridgehead atoms. The number of hydrogen-bond acceptors (Lipinski definition) is 1. The number of rotatable bonds is 0. The van der Waals surface area contributed by atoms with E-state index in [9.17, 15) is 0 Å². The van der Waals surface area contributed by atoms with E-state index in [1.165, 1.54) is 5.56 Å². The van der Waals surface area contributed by atoms with Crippen LogP contribution in [-0.4, -0.2) is 6.79 Å². The van der Waals surface area contributed by atoms with Crippen LogP contribution in [0.4, 0.5) is 0 Å². The number of benzene rings is 1. The van der Waals surface area contributed by atoms with Crippen molar-refractivity contribution >= 4 is 6.79 Å². The molecular formula is C8H10OOs. The maximum atomic E-state index is 8.00. The first-order chi connectivity index (χ1) is 4.39. The van der Waals surface area contributed by atoms with E-state index < -0.39 is 0 Å². The molecule has 56 valence electrons. The molecule has 0 saturated heterocycles. The van der Waals surface area contributed by atoms with Gasteiger partial charge in [0.05, 0.1) is 0 Å². The Balaban J connectivity index is 0. The molecule has 1 nitrogen and oxygen atoms in total. The summed E-state index contributed by atoms with van der Waals surface area (Å²) in [6.07, 6.45) is 0. The molecule has 0 aliphatic rings. The summed E-state index contributed by atoms with van der Waals surface area (Å²) in [7, 11) is 0. The molecule has 0 atom stereocenters. The number of hydrogen-bond donors (Lipinski definition) is 0. The van der Waals surface area contributed by atoms with E-state index in [1.807, 2.05) is 25.0 Å². The van der Waals surface area contributed by atoms with Crippen LogP contribution in [0.5, 0.6) is 0 Å². The summed E-state index contributed by atoms with van der Waals surface area (Å²) in [5.41, 5.74) is 1.32. The summed E-state index contributed by atoms with van der Waals surface area (Å²) < 4.78 is 0. The molecule has 0 aromatic heterocycles. The van der Waals surface area contributed by atoms with Crippen LogP contribution in [-0.2, 0) is 24.6 Å². The van der Waals surface area contributed by atoms with Crippen LogP contribution >= 0.6 is 0 Å². The zero-order chi connectivity index (χ0) is 7.11. The van der Waals surface area contributed by atoms with Gasteiger partial charge in [-0.3, -0.25) is 0 Å². The Labute approximate surface area is 74.5 Å². The summed E-state index contributed by atoms with van der Waals surface area (Å²) in [6.45, 7) is 4.08. The molecule has 0 radical (unpaired) electrons. The normalized spacial score (nSPS) is 6.50. The maximum Gasteiger partial charge on any atom is 0.106 e. The van der Waals surface area contributed by atoms with Crippen molar-refractivity contribution in [2.45, 2.75) is 6.92 Å². The average molecular weight is 312 g/mol.